The van der Waals surface area contributed by atoms with E-state index in [0.717, 1.165) is 5.56 Å². The zero-order chi connectivity index (χ0) is 8.39. The number of carbonyl (C=O) groups excluding carboxylic acids is 1. The zero-order valence-electron chi connectivity index (χ0n) is 6.23. The average molecular weight is 160 g/mol. The van der Waals surface area contributed by atoms with Crippen LogP contribution in [0.25, 0.3) is 0 Å². The molecule has 0 aromatic heterocycles. The van der Waals surface area contributed by atoms with Crippen LogP contribution in [0.2, 0.25) is 0 Å². The molecule has 0 radical (unpaired) electrons. The summed E-state index contributed by atoms with van der Waals surface area (Å²) in [6.07, 6.45) is 1.62. The molecule has 1 aliphatic rings. The fourth-order valence-electron chi connectivity index (χ4n) is 1.07. The van der Waals surface area contributed by atoms with Gasteiger partial charge in [0.2, 0.25) is 0 Å². The molecule has 12 heavy (non-hydrogen) atoms. The van der Waals surface area contributed by atoms with Crippen molar-refractivity contribution in [2.24, 2.45) is 4.99 Å². The van der Waals surface area contributed by atoms with Crippen molar-refractivity contribution in [3.63, 3.8) is 0 Å². The first-order valence-corrected chi connectivity index (χ1v) is 3.58. The van der Waals surface area contributed by atoms with Gasteiger partial charge >= 0.3 is 0 Å². The fourth-order valence-corrected chi connectivity index (χ4v) is 1.07. The van der Waals surface area contributed by atoms with Crippen molar-refractivity contribution in [3.05, 3.63) is 35.9 Å². The molecule has 1 aliphatic heterocycles. The highest BCUT2D eigenvalue weighted by molar-refractivity contribution is 5.92. The normalized spacial score (nSPS) is 21.0. The van der Waals surface area contributed by atoms with Gasteiger partial charge in [-0.25, -0.2) is 0 Å². The van der Waals surface area contributed by atoms with E-state index >= 15 is 0 Å². The largest absolute Gasteiger partial charge is 0.573 e. The Hall–Kier alpha value is -1.64. The summed E-state index contributed by atoms with van der Waals surface area (Å²) in [5, 5.41) is 0. The molecule has 1 atom stereocenters. The molecule has 0 aliphatic carbocycles. The third-order valence-corrected chi connectivity index (χ3v) is 1.65. The molecule has 1 heterocycles. The van der Waals surface area contributed by atoms with Crippen LogP contribution in [0.3, 0.4) is 0 Å². The van der Waals surface area contributed by atoms with Crippen molar-refractivity contribution in [1.29, 1.82) is 0 Å². The van der Waals surface area contributed by atoms with E-state index < -0.39 is 6.10 Å². The Kier molecular flexibility index (Phi) is 1.63. The summed E-state index contributed by atoms with van der Waals surface area (Å²) >= 11 is 0. The van der Waals surface area contributed by atoms with Crippen LogP contribution in [0.5, 0.6) is 0 Å². The van der Waals surface area contributed by atoms with E-state index in [4.69, 9.17) is 4.74 Å². The molecule has 1 amide bonds. The van der Waals surface area contributed by atoms with E-state index in [9.17, 15) is 4.79 Å². The van der Waals surface area contributed by atoms with Crippen molar-refractivity contribution in [1.82, 2.24) is 0 Å². The molecule has 1 aromatic carbocycles. The monoisotopic (exact) mass is 160 g/mol. The highest BCUT2D eigenvalue weighted by Crippen LogP contribution is 2.20. The van der Waals surface area contributed by atoms with Crippen LogP contribution in [-0.2, 0) is 9.53 Å². The Morgan fingerprint density at radius 3 is 2.67 bits per heavy atom. The Labute approximate surface area is 69.7 Å². The second kappa shape index (κ2) is 2.77. The van der Waals surface area contributed by atoms with Crippen LogP contribution in [0.1, 0.15) is 11.7 Å². The first kappa shape index (κ1) is 7.03. The molecular weight excluding hydrogens is 154 g/mol. The van der Waals surface area contributed by atoms with Crippen LogP contribution in [-0.4, -0.2) is 12.3 Å². The Morgan fingerprint density at radius 1 is 1.33 bits per heavy atom. The molecule has 0 saturated carbocycles. The number of carbonyl (C=O) groups is 1. The second-order valence-corrected chi connectivity index (χ2v) is 2.45. The molecule has 1 aromatic rings. The molecule has 1 unspecified atom stereocenters. The number of nitrogens with zero attached hydrogens (tertiary/aromatic N) is 1. The zero-order valence-corrected chi connectivity index (χ0v) is 6.23. The smallest absolute Gasteiger partial charge is 0.132 e. The van der Waals surface area contributed by atoms with E-state index in [0.29, 0.717) is 0 Å². The third-order valence-electron chi connectivity index (χ3n) is 1.65. The molecule has 0 saturated heterocycles. The lowest BCUT2D eigenvalue weighted by Gasteiger charge is -2.13. The minimum atomic E-state index is -0.578. The third kappa shape index (κ3) is 1.09. The SMILES string of the molecule is O=C1N=[C-]OC1c1ccccc1. The number of amides is 1. The average Bonchev–Trinajstić information content (AvgIpc) is 2.53. The maximum Gasteiger partial charge on any atom is 0.132 e. The van der Waals surface area contributed by atoms with Crippen LogP contribution in [0.15, 0.2) is 35.3 Å². The van der Waals surface area contributed by atoms with Crippen molar-refractivity contribution < 1.29 is 9.53 Å². The molecule has 3 nitrogen and oxygen atoms in total. The van der Waals surface area contributed by atoms with Gasteiger partial charge in [-0.2, -0.15) is 0 Å². The number of ether oxygens (including phenoxy) is 1. The summed E-state index contributed by atoms with van der Waals surface area (Å²) in [6.45, 7) is 0. The first-order valence-electron chi connectivity index (χ1n) is 3.58. The minimum Gasteiger partial charge on any atom is -0.573 e. The van der Waals surface area contributed by atoms with E-state index in [1.165, 1.54) is 0 Å². The van der Waals surface area contributed by atoms with Gasteiger partial charge in [-0.05, 0) is 5.56 Å². The Bertz CT molecular complexity index is 319. The van der Waals surface area contributed by atoms with Crippen LogP contribution in [0, 0.1) is 0 Å². The predicted octanol–water partition coefficient (Wildman–Crippen LogP) is 1.19. The molecule has 3 heteroatoms. The van der Waals surface area contributed by atoms with Crippen molar-refractivity contribution in [2.75, 3.05) is 0 Å². The highest BCUT2D eigenvalue weighted by atomic mass is 16.5. The molecule has 0 bridgehead atoms. The van der Waals surface area contributed by atoms with Crippen LogP contribution >= 0.6 is 0 Å². The van der Waals surface area contributed by atoms with Gasteiger partial charge in [-0.15, -0.1) is 0 Å². The van der Waals surface area contributed by atoms with Gasteiger partial charge in [0.15, 0.2) is 0 Å². The molecule has 0 N–H and O–H groups in total. The number of benzene rings is 1. The summed E-state index contributed by atoms with van der Waals surface area (Å²) < 4.78 is 4.89. The highest BCUT2D eigenvalue weighted by Gasteiger charge is 2.14. The van der Waals surface area contributed by atoms with Gasteiger partial charge in [-0.1, -0.05) is 30.3 Å². The molecule has 0 spiro atoms. The standard InChI is InChI=1S/C9H6NO2/c11-9-8(12-6-10-9)7-4-2-1-3-5-7/h1-5,8H/q-1. The molecule has 60 valence electrons. The maximum absolute atomic E-state index is 11.0. The van der Waals surface area contributed by atoms with E-state index in [1.54, 1.807) is 0 Å². The van der Waals surface area contributed by atoms with Crippen molar-refractivity contribution >= 4 is 12.3 Å². The minimum absolute atomic E-state index is 0.291. The topological polar surface area (TPSA) is 38.7 Å². The number of rotatable bonds is 1. The summed E-state index contributed by atoms with van der Waals surface area (Å²) in [5.41, 5.74) is 0.816. The summed E-state index contributed by atoms with van der Waals surface area (Å²) in [7, 11) is 0. The second-order valence-electron chi connectivity index (χ2n) is 2.45. The quantitative estimate of drug-likeness (QED) is 0.579. The van der Waals surface area contributed by atoms with Gasteiger partial charge in [0, 0.05) is 6.40 Å². The summed E-state index contributed by atoms with van der Waals surface area (Å²) in [4.78, 5) is 14.4. The molecule has 0 fully saturated rings. The van der Waals surface area contributed by atoms with E-state index in [-0.39, 0.29) is 5.91 Å². The summed E-state index contributed by atoms with van der Waals surface area (Å²) in [6, 6.07) is 9.23. The van der Waals surface area contributed by atoms with Crippen LogP contribution in [0.4, 0.5) is 0 Å². The number of aliphatic imine (C=N–C) groups is 1. The number of hydrogen-bond acceptors (Lipinski definition) is 2. The molecular formula is C9H6NO2-. The fraction of sp³-hybridized carbons (Fsp3) is 0.111. The maximum atomic E-state index is 11.0. The van der Waals surface area contributed by atoms with Gasteiger partial charge in [0.05, 0.1) is 0 Å². The van der Waals surface area contributed by atoms with Crippen molar-refractivity contribution in [2.45, 2.75) is 6.10 Å². The number of hydrogen-bond donors (Lipinski definition) is 0. The van der Waals surface area contributed by atoms with Gasteiger partial charge in [0.25, 0.3) is 0 Å². The lowest BCUT2D eigenvalue weighted by Crippen LogP contribution is -2.05. The van der Waals surface area contributed by atoms with Gasteiger partial charge in [-0.3, -0.25) is 0 Å². The van der Waals surface area contributed by atoms with E-state index in [2.05, 4.69) is 11.4 Å². The van der Waals surface area contributed by atoms with Crippen molar-refractivity contribution in [3.8, 4) is 0 Å². The van der Waals surface area contributed by atoms with Crippen LogP contribution < -0.4 is 0 Å². The lowest BCUT2D eigenvalue weighted by molar-refractivity contribution is -0.122. The summed E-state index contributed by atoms with van der Waals surface area (Å²) in [5.74, 6) is -0.291. The van der Waals surface area contributed by atoms with Gasteiger partial charge in [0.1, 0.15) is 12.0 Å². The van der Waals surface area contributed by atoms with Gasteiger partial charge < -0.3 is 14.5 Å². The Balaban J connectivity index is 2.27. The molecule has 2 rings (SSSR count). The predicted molar refractivity (Wildman–Crippen MR) is 42.7 cm³/mol. The first-order chi connectivity index (χ1) is 5.88. The van der Waals surface area contributed by atoms with E-state index in [1.807, 2.05) is 30.3 Å². The lowest BCUT2D eigenvalue weighted by atomic mass is 10.1. The Morgan fingerprint density at radius 2 is 2.08 bits per heavy atom.